The number of aromatic nitrogens is 2. The number of rotatable bonds is 5. The third kappa shape index (κ3) is 3.98. The van der Waals surface area contributed by atoms with Gasteiger partial charge in [-0.1, -0.05) is 42.5 Å². The number of nitrogens with one attached hydrogen (secondary N) is 3. The molecule has 0 saturated carbocycles. The lowest BCUT2D eigenvalue weighted by Crippen LogP contribution is -2.35. The molecule has 0 saturated heterocycles. The highest BCUT2D eigenvalue weighted by Gasteiger charge is 2.26. The molecule has 8 heteroatoms. The lowest BCUT2D eigenvalue weighted by atomic mass is 9.87. The molecule has 1 atom stereocenters. The first-order valence-electron chi connectivity index (χ1n) is 9.68. The minimum atomic E-state index is -1.01. The maximum absolute atomic E-state index is 12.6. The third-order valence-corrected chi connectivity index (χ3v) is 5.15. The summed E-state index contributed by atoms with van der Waals surface area (Å²) in [5.74, 6) is -0.769. The van der Waals surface area contributed by atoms with Gasteiger partial charge in [0.2, 0.25) is 5.75 Å². The van der Waals surface area contributed by atoms with Gasteiger partial charge in [0.15, 0.2) is 5.69 Å². The summed E-state index contributed by atoms with van der Waals surface area (Å²) in [6.07, 6.45) is 2.34. The Morgan fingerprint density at radius 3 is 2.70 bits per heavy atom. The summed E-state index contributed by atoms with van der Waals surface area (Å²) < 4.78 is 6.03. The molecular weight excluding hydrogens is 386 g/mol. The van der Waals surface area contributed by atoms with Crippen LogP contribution in [0.25, 0.3) is 0 Å². The van der Waals surface area contributed by atoms with Crippen LogP contribution in [0.15, 0.2) is 58.1 Å². The van der Waals surface area contributed by atoms with Gasteiger partial charge in [0, 0.05) is 0 Å². The number of ether oxygens (including phenoxy) is 1. The van der Waals surface area contributed by atoms with Crippen molar-refractivity contribution in [1.82, 2.24) is 15.3 Å². The van der Waals surface area contributed by atoms with Crippen LogP contribution in [0.4, 0.5) is 0 Å². The fraction of sp³-hybridized carbons (Fsp3) is 0.227. The van der Waals surface area contributed by atoms with E-state index in [1.54, 1.807) is 0 Å². The van der Waals surface area contributed by atoms with Crippen LogP contribution in [0, 0.1) is 0 Å². The van der Waals surface area contributed by atoms with Gasteiger partial charge in [-0.25, -0.2) is 4.79 Å². The number of fused-ring (bicyclic) bond motifs is 1. The number of hydrogen-bond donors (Lipinski definition) is 4. The predicted octanol–water partition coefficient (Wildman–Crippen LogP) is 2.16. The Kier molecular flexibility index (Phi) is 5.38. The summed E-state index contributed by atoms with van der Waals surface area (Å²) >= 11 is 0. The number of aromatic hydroxyl groups is 1. The molecule has 1 heterocycles. The van der Waals surface area contributed by atoms with Gasteiger partial charge < -0.3 is 15.2 Å². The minimum Gasteiger partial charge on any atom is -0.501 e. The van der Waals surface area contributed by atoms with Gasteiger partial charge >= 0.3 is 5.69 Å². The second-order valence-electron chi connectivity index (χ2n) is 7.15. The molecule has 0 aliphatic heterocycles. The minimum absolute atomic E-state index is 0.330. The molecule has 154 valence electrons. The van der Waals surface area contributed by atoms with Crippen LogP contribution in [-0.2, 0) is 13.0 Å². The van der Waals surface area contributed by atoms with Crippen molar-refractivity contribution < 1.29 is 14.6 Å². The van der Waals surface area contributed by atoms with E-state index in [2.05, 4.69) is 10.3 Å². The zero-order chi connectivity index (χ0) is 21.1. The average molecular weight is 407 g/mol. The van der Waals surface area contributed by atoms with E-state index in [4.69, 9.17) is 4.74 Å². The predicted molar refractivity (Wildman–Crippen MR) is 110 cm³/mol. The van der Waals surface area contributed by atoms with Gasteiger partial charge in [-0.2, -0.15) is 0 Å². The van der Waals surface area contributed by atoms with Crippen LogP contribution in [0.3, 0.4) is 0 Å². The van der Waals surface area contributed by atoms with E-state index in [-0.39, 0.29) is 6.04 Å². The van der Waals surface area contributed by atoms with E-state index in [1.807, 2.05) is 53.5 Å². The topological polar surface area (TPSA) is 124 Å². The van der Waals surface area contributed by atoms with Crippen molar-refractivity contribution in [3.63, 3.8) is 0 Å². The quantitative estimate of drug-likeness (QED) is 0.516. The molecule has 1 aliphatic rings. The molecule has 1 aliphatic carbocycles. The van der Waals surface area contributed by atoms with Gasteiger partial charge in [-0.05, 0) is 42.0 Å². The Hall–Kier alpha value is -3.81. The van der Waals surface area contributed by atoms with Gasteiger partial charge in [0.1, 0.15) is 12.4 Å². The van der Waals surface area contributed by atoms with E-state index in [9.17, 15) is 19.5 Å². The number of carbonyl (C=O) groups is 1. The maximum atomic E-state index is 12.6. The average Bonchev–Trinajstić information content (AvgIpc) is 2.75. The van der Waals surface area contributed by atoms with E-state index < -0.39 is 28.6 Å². The molecule has 1 amide bonds. The van der Waals surface area contributed by atoms with Crippen molar-refractivity contribution in [2.45, 2.75) is 31.9 Å². The molecule has 1 aromatic heterocycles. The van der Waals surface area contributed by atoms with Crippen molar-refractivity contribution in [3.8, 4) is 11.5 Å². The van der Waals surface area contributed by atoms with E-state index >= 15 is 0 Å². The summed E-state index contributed by atoms with van der Waals surface area (Å²) in [5.41, 5.74) is 0.686. The number of amides is 1. The van der Waals surface area contributed by atoms with Gasteiger partial charge in [0.05, 0.1) is 6.04 Å². The lowest BCUT2D eigenvalue weighted by Gasteiger charge is -2.28. The highest BCUT2D eigenvalue weighted by atomic mass is 16.5. The molecule has 0 fully saturated rings. The normalized spacial score (nSPS) is 15.3. The van der Waals surface area contributed by atoms with Crippen LogP contribution >= 0.6 is 0 Å². The molecule has 1 unspecified atom stereocenters. The second-order valence-corrected chi connectivity index (χ2v) is 7.15. The van der Waals surface area contributed by atoms with Crippen LogP contribution in [0.5, 0.6) is 11.5 Å². The van der Waals surface area contributed by atoms with Gasteiger partial charge in [0.25, 0.3) is 11.5 Å². The number of benzene rings is 2. The zero-order valence-electron chi connectivity index (χ0n) is 16.1. The monoisotopic (exact) mass is 407 g/mol. The Bertz CT molecular complexity index is 1180. The zero-order valence-corrected chi connectivity index (χ0v) is 16.1. The van der Waals surface area contributed by atoms with Crippen LogP contribution < -0.4 is 21.3 Å². The van der Waals surface area contributed by atoms with Gasteiger partial charge in [-0.15, -0.1) is 0 Å². The molecule has 4 N–H and O–H groups in total. The molecule has 0 spiro atoms. The van der Waals surface area contributed by atoms with Crippen LogP contribution in [0.1, 0.15) is 46.1 Å². The Labute approximate surface area is 171 Å². The highest BCUT2D eigenvalue weighted by Crippen LogP contribution is 2.36. The first kappa shape index (κ1) is 19.5. The van der Waals surface area contributed by atoms with Gasteiger partial charge in [-0.3, -0.25) is 19.6 Å². The van der Waals surface area contributed by atoms with Crippen LogP contribution in [0.2, 0.25) is 0 Å². The van der Waals surface area contributed by atoms with Crippen molar-refractivity contribution in [2.75, 3.05) is 0 Å². The molecule has 3 aromatic rings. The summed E-state index contributed by atoms with van der Waals surface area (Å²) in [7, 11) is 0. The standard InChI is InChI=1S/C22H21N3O5/c26-19-18(24-22(29)25-21(19)28)20(27)23-16-10-4-9-15-14(16)8-5-11-17(15)30-12-13-6-2-1-3-7-13/h1-3,5-8,11,16,26H,4,9-10,12H2,(H,23,27)(H2,24,25,28,29). The Morgan fingerprint density at radius 2 is 1.90 bits per heavy atom. The molecule has 0 radical (unpaired) electrons. The fourth-order valence-corrected chi connectivity index (χ4v) is 3.71. The summed E-state index contributed by atoms with van der Waals surface area (Å²) in [4.78, 5) is 39.7. The maximum Gasteiger partial charge on any atom is 0.326 e. The Balaban J connectivity index is 1.56. The smallest absolute Gasteiger partial charge is 0.326 e. The molecule has 2 aromatic carbocycles. The number of aromatic amines is 2. The van der Waals surface area contributed by atoms with E-state index in [0.29, 0.717) is 13.0 Å². The van der Waals surface area contributed by atoms with Crippen LogP contribution in [-0.4, -0.2) is 21.0 Å². The fourth-order valence-electron chi connectivity index (χ4n) is 3.71. The molecule has 30 heavy (non-hydrogen) atoms. The highest BCUT2D eigenvalue weighted by molar-refractivity contribution is 5.94. The summed E-state index contributed by atoms with van der Waals surface area (Å²) in [6.45, 7) is 0.441. The SMILES string of the molecule is O=C(NC1CCCc2c(OCc3ccccc3)cccc21)c1[nH]c(=O)[nH]c(=O)c1O. The number of hydrogen-bond acceptors (Lipinski definition) is 5. The second kappa shape index (κ2) is 8.28. The first-order chi connectivity index (χ1) is 14.5. The summed E-state index contributed by atoms with van der Waals surface area (Å²) in [5, 5.41) is 12.7. The molecule has 4 rings (SSSR count). The van der Waals surface area contributed by atoms with E-state index in [0.717, 1.165) is 35.3 Å². The molecule has 8 nitrogen and oxygen atoms in total. The molecule has 0 bridgehead atoms. The van der Waals surface area contributed by atoms with Crippen molar-refractivity contribution >= 4 is 5.91 Å². The third-order valence-electron chi connectivity index (χ3n) is 5.15. The van der Waals surface area contributed by atoms with E-state index in [1.165, 1.54) is 0 Å². The van der Waals surface area contributed by atoms with Crippen molar-refractivity contribution in [1.29, 1.82) is 0 Å². The van der Waals surface area contributed by atoms with Crippen molar-refractivity contribution in [2.24, 2.45) is 0 Å². The molecular formula is C22H21N3O5. The Morgan fingerprint density at radius 1 is 1.10 bits per heavy atom. The lowest BCUT2D eigenvalue weighted by molar-refractivity contribution is 0.0923. The van der Waals surface area contributed by atoms with Crippen molar-refractivity contribution in [3.05, 3.63) is 91.8 Å². The first-order valence-corrected chi connectivity index (χ1v) is 9.68. The summed E-state index contributed by atoms with van der Waals surface area (Å²) in [6, 6.07) is 15.2. The largest absolute Gasteiger partial charge is 0.501 e. The number of carbonyl (C=O) groups excluding carboxylic acids is 1. The number of H-pyrrole nitrogens is 2.